The summed E-state index contributed by atoms with van der Waals surface area (Å²) in [5, 5.41) is 3.49. The Morgan fingerprint density at radius 1 is 1.16 bits per heavy atom. The minimum Gasteiger partial charge on any atom is -0.493 e. The Hall–Kier alpha value is -2.24. The molecule has 2 aromatic rings. The number of ether oxygens (including phenoxy) is 2. The normalized spacial score (nSPS) is 13.9. The number of nitrogens with one attached hydrogen (secondary N) is 1. The van der Waals surface area contributed by atoms with Crippen LogP contribution in [-0.2, 0) is 17.8 Å². The second-order valence-corrected chi connectivity index (χ2v) is 6.43. The molecule has 6 heteroatoms. The van der Waals surface area contributed by atoms with Crippen LogP contribution in [0.1, 0.15) is 11.1 Å². The van der Waals surface area contributed by atoms with Crippen molar-refractivity contribution in [2.75, 3.05) is 32.6 Å². The van der Waals surface area contributed by atoms with Crippen molar-refractivity contribution in [2.45, 2.75) is 13.0 Å². The third kappa shape index (κ3) is 4.24. The van der Waals surface area contributed by atoms with Crippen LogP contribution in [-0.4, -0.2) is 38.1 Å². The third-order valence-corrected chi connectivity index (χ3v) is 4.51. The van der Waals surface area contributed by atoms with Gasteiger partial charge in [0.25, 0.3) is 0 Å². The number of methoxy groups -OCH3 is 2. The number of nitrogens with zero attached hydrogens (tertiary/aromatic N) is 1. The van der Waals surface area contributed by atoms with Crippen molar-refractivity contribution in [3.05, 3.63) is 52.5 Å². The van der Waals surface area contributed by atoms with Gasteiger partial charge in [0.2, 0.25) is 5.91 Å². The molecule has 0 radical (unpaired) electrons. The highest BCUT2D eigenvalue weighted by molar-refractivity contribution is 6.30. The highest BCUT2D eigenvalue weighted by atomic mass is 35.5. The highest BCUT2D eigenvalue weighted by Gasteiger charge is 2.21. The number of anilines is 1. The molecule has 0 saturated carbocycles. The molecule has 0 atom stereocenters. The van der Waals surface area contributed by atoms with Crippen LogP contribution in [0.2, 0.25) is 5.02 Å². The van der Waals surface area contributed by atoms with Crippen LogP contribution in [0.25, 0.3) is 0 Å². The Morgan fingerprint density at radius 2 is 1.88 bits per heavy atom. The third-order valence-electron chi connectivity index (χ3n) is 4.27. The molecule has 0 saturated heterocycles. The van der Waals surface area contributed by atoms with Crippen LogP contribution >= 0.6 is 11.6 Å². The summed E-state index contributed by atoms with van der Waals surface area (Å²) in [6, 6.07) is 11.2. The van der Waals surface area contributed by atoms with Crippen molar-refractivity contribution >= 4 is 23.2 Å². The van der Waals surface area contributed by atoms with Gasteiger partial charge < -0.3 is 14.8 Å². The molecule has 1 heterocycles. The van der Waals surface area contributed by atoms with Crippen LogP contribution in [0, 0.1) is 0 Å². The van der Waals surface area contributed by atoms with Crippen molar-refractivity contribution in [1.29, 1.82) is 0 Å². The van der Waals surface area contributed by atoms with Gasteiger partial charge in [0.05, 0.1) is 20.8 Å². The number of halogens is 1. The standard InChI is InChI=1S/C19H21ClN2O3/c1-24-17-8-13-6-7-22(11-14(13)9-18(17)25-2)12-19(23)21-16-5-3-4-15(20)10-16/h3-5,8-10H,6-7,11-12H2,1-2H3,(H,21,23). The van der Waals surface area contributed by atoms with E-state index in [-0.39, 0.29) is 5.91 Å². The number of rotatable bonds is 5. The van der Waals surface area contributed by atoms with Gasteiger partial charge in [-0.3, -0.25) is 9.69 Å². The summed E-state index contributed by atoms with van der Waals surface area (Å²) in [5.74, 6) is 1.41. The Kier molecular flexibility index (Phi) is 5.46. The molecule has 1 aliphatic heterocycles. The maximum absolute atomic E-state index is 12.3. The summed E-state index contributed by atoms with van der Waals surface area (Å²) in [7, 11) is 3.27. The van der Waals surface area contributed by atoms with Crippen molar-refractivity contribution in [1.82, 2.24) is 4.90 Å². The van der Waals surface area contributed by atoms with Crippen molar-refractivity contribution in [3.63, 3.8) is 0 Å². The average molecular weight is 361 g/mol. The van der Waals surface area contributed by atoms with Gasteiger partial charge in [-0.25, -0.2) is 0 Å². The van der Waals surface area contributed by atoms with E-state index in [1.165, 1.54) is 11.1 Å². The number of hydrogen-bond donors (Lipinski definition) is 1. The molecule has 0 aromatic heterocycles. The summed E-state index contributed by atoms with van der Waals surface area (Å²) < 4.78 is 10.7. The van der Waals surface area contributed by atoms with E-state index in [2.05, 4.69) is 10.2 Å². The molecular formula is C19H21ClN2O3. The predicted octanol–water partition coefficient (Wildman–Crippen LogP) is 3.35. The largest absolute Gasteiger partial charge is 0.493 e. The van der Waals surface area contributed by atoms with Gasteiger partial charge in [0.15, 0.2) is 11.5 Å². The van der Waals surface area contributed by atoms with Crippen molar-refractivity contribution < 1.29 is 14.3 Å². The van der Waals surface area contributed by atoms with Crippen molar-refractivity contribution in [2.24, 2.45) is 0 Å². The second kappa shape index (κ2) is 7.76. The summed E-state index contributed by atoms with van der Waals surface area (Å²) >= 11 is 5.95. The second-order valence-electron chi connectivity index (χ2n) is 6.00. The predicted molar refractivity (Wildman–Crippen MR) is 98.6 cm³/mol. The quantitative estimate of drug-likeness (QED) is 0.888. The topological polar surface area (TPSA) is 50.8 Å². The Bertz CT molecular complexity index is 779. The molecular weight excluding hydrogens is 340 g/mol. The summed E-state index contributed by atoms with van der Waals surface area (Å²) in [6.07, 6.45) is 0.875. The summed E-state index contributed by atoms with van der Waals surface area (Å²) in [5.41, 5.74) is 3.12. The Balaban J connectivity index is 1.65. The van der Waals surface area contributed by atoms with Crippen LogP contribution < -0.4 is 14.8 Å². The fourth-order valence-electron chi connectivity index (χ4n) is 3.05. The Labute approximate surface area is 152 Å². The van der Waals surface area contributed by atoms with Crippen molar-refractivity contribution in [3.8, 4) is 11.5 Å². The molecule has 0 fully saturated rings. The zero-order valence-corrected chi connectivity index (χ0v) is 15.1. The zero-order chi connectivity index (χ0) is 17.8. The lowest BCUT2D eigenvalue weighted by molar-refractivity contribution is -0.117. The molecule has 1 amide bonds. The molecule has 0 spiro atoms. The first kappa shape index (κ1) is 17.6. The fourth-order valence-corrected chi connectivity index (χ4v) is 3.24. The molecule has 0 bridgehead atoms. The maximum Gasteiger partial charge on any atom is 0.238 e. The van der Waals surface area contributed by atoms with E-state index in [1.807, 2.05) is 24.3 Å². The number of amides is 1. The van der Waals surface area contributed by atoms with E-state index in [0.717, 1.165) is 18.7 Å². The van der Waals surface area contributed by atoms with E-state index >= 15 is 0 Å². The molecule has 25 heavy (non-hydrogen) atoms. The van der Waals surface area contributed by atoms with E-state index in [0.29, 0.717) is 29.5 Å². The van der Waals surface area contributed by atoms with Crippen LogP contribution in [0.4, 0.5) is 5.69 Å². The number of hydrogen-bond acceptors (Lipinski definition) is 4. The lowest BCUT2D eigenvalue weighted by Crippen LogP contribution is -2.37. The number of fused-ring (bicyclic) bond motifs is 1. The first-order valence-corrected chi connectivity index (χ1v) is 8.48. The minimum absolute atomic E-state index is 0.0498. The van der Waals surface area contributed by atoms with Crippen LogP contribution in [0.3, 0.4) is 0 Å². The van der Waals surface area contributed by atoms with E-state index in [1.54, 1.807) is 26.4 Å². The molecule has 0 unspecified atom stereocenters. The van der Waals surface area contributed by atoms with Gasteiger partial charge in [-0.15, -0.1) is 0 Å². The van der Waals surface area contributed by atoms with Gasteiger partial charge in [0.1, 0.15) is 0 Å². The first-order chi connectivity index (χ1) is 12.1. The minimum atomic E-state index is -0.0498. The van der Waals surface area contributed by atoms with Gasteiger partial charge in [-0.05, 0) is 47.9 Å². The SMILES string of the molecule is COc1cc2c(cc1OC)CN(CC(=O)Nc1cccc(Cl)c1)CC2. The van der Waals surface area contributed by atoms with E-state index in [9.17, 15) is 4.79 Å². The van der Waals surface area contributed by atoms with Gasteiger partial charge in [-0.1, -0.05) is 17.7 Å². The number of benzene rings is 2. The monoisotopic (exact) mass is 360 g/mol. The van der Waals surface area contributed by atoms with Gasteiger partial charge in [-0.2, -0.15) is 0 Å². The Morgan fingerprint density at radius 3 is 2.56 bits per heavy atom. The molecule has 5 nitrogen and oxygen atoms in total. The number of carbonyl (C=O) groups excluding carboxylic acids is 1. The molecule has 0 aliphatic carbocycles. The van der Waals surface area contributed by atoms with Crippen LogP contribution in [0.15, 0.2) is 36.4 Å². The highest BCUT2D eigenvalue weighted by Crippen LogP contribution is 2.33. The summed E-state index contributed by atoms with van der Waals surface area (Å²) in [4.78, 5) is 14.4. The first-order valence-electron chi connectivity index (χ1n) is 8.10. The van der Waals surface area contributed by atoms with Gasteiger partial charge in [0, 0.05) is 23.8 Å². The lowest BCUT2D eigenvalue weighted by Gasteiger charge is -2.29. The molecule has 1 N–H and O–H groups in total. The summed E-state index contributed by atoms with van der Waals surface area (Å²) in [6.45, 7) is 1.87. The van der Waals surface area contributed by atoms with E-state index < -0.39 is 0 Å². The fraction of sp³-hybridized carbons (Fsp3) is 0.316. The smallest absolute Gasteiger partial charge is 0.238 e. The van der Waals surface area contributed by atoms with E-state index in [4.69, 9.17) is 21.1 Å². The molecule has 2 aromatic carbocycles. The van der Waals surface area contributed by atoms with Gasteiger partial charge >= 0.3 is 0 Å². The lowest BCUT2D eigenvalue weighted by atomic mass is 9.99. The molecule has 132 valence electrons. The van der Waals surface area contributed by atoms with Crippen LogP contribution in [0.5, 0.6) is 11.5 Å². The number of carbonyl (C=O) groups is 1. The molecule has 1 aliphatic rings. The zero-order valence-electron chi connectivity index (χ0n) is 14.3. The average Bonchev–Trinajstić information content (AvgIpc) is 2.60. The molecule has 3 rings (SSSR count). The maximum atomic E-state index is 12.3.